The van der Waals surface area contributed by atoms with Gasteiger partial charge in [0.05, 0.1) is 19.4 Å². The van der Waals surface area contributed by atoms with Gasteiger partial charge in [-0.2, -0.15) is 0 Å². The Hall–Kier alpha value is -2.99. The van der Waals surface area contributed by atoms with Crippen molar-refractivity contribution < 1.29 is 14.3 Å². The molecule has 0 bridgehead atoms. The highest BCUT2D eigenvalue weighted by molar-refractivity contribution is 7.99. The number of methoxy groups -OCH3 is 1. The summed E-state index contributed by atoms with van der Waals surface area (Å²) >= 11 is 2.61. The Morgan fingerprint density at radius 3 is 2.55 bits per heavy atom. The maximum atomic E-state index is 12.3. The van der Waals surface area contributed by atoms with Crippen LogP contribution in [0.4, 0.5) is 5.13 Å². The summed E-state index contributed by atoms with van der Waals surface area (Å²) in [4.78, 5) is 24.5. The smallest absolute Gasteiger partial charge is 0.251 e. The van der Waals surface area contributed by atoms with Crippen LogP contribution in [0.2, 0.25) is 0 Å². The summed E-state index contributed by atoms with van der Waals surface area (Å²) in [7, 11) is 3.36. The van der Waals surface area contributed by atoms with Gasteiger partial charge < -0.3 is 14.6 Å². The third-order valence-electron chi connectivity index (χ3n) is 4.20. The number of hydrogen-bond donors (Lipinski definition) is 2. The summed E-state index contributed by atoms with van der Waals surface area (Å²) in [6.45, 7) is 4.25. The molecule has 0 radical (unpaired) electrons. The van der Waals surface area contributed by atoms with Crippen LogP contribution in [0.1, 0.15) is 41.0 Å². The number of nitrogens with one attached hydrogen (secondary N) is 2. The fourth-order valence-electron chi connectivity index (χ4n) is 2.43. The van der Waals surface area contributed by atoms with E-state index in [-0.39, 0.29) is 30.0 Å². The molecule has 2 aromatic heterocycles. The summed E-state index contributed by atoms with van der Waals surface area (Å²) < 4.78 is 6.83. The quantitative estimate of drug-likeness (QED) is 0.466. The van der Waals surface area contributed by atoms with Crippen LogP contribution in [0.15, 0.2) is 29.4 Å². The first-order chi connectivity index (χ1) is 14.9. The number of amides is 2. The molecule has 164 valence electrons. The Labute approximate surface area is 187 Å². The molecule has 12 heteroatoms. The number of carbonyl (C=O) groups is 2. The molecule has 1 aromatic carbocycles. The van der Waals surface area contributed by atoms with Crippen molar-refractivity contribution in [3.05, 3.63) is 40.7 Å². The van der Waals surface area contributed by atoms with Gasteiger partial charge in [0.15, 0.2) is 11.0 Å². The van der Waals surface area contributed by atoms with Crippen molar-refractivity contribution in [1.82, 2.24) is 30.3 Å². The second-order valence-electron chi connectivity index (χ2n) is 6.81. The van der Waals surface area contributed by atoms with E-state index in [0.717, 1.165) is 5.01 Å². The molecule has 10 nitrogen and oxygen atoms in total. The van der Waals surface area contributed by atoms with Crippen LogP contribution in [-0.4, -0.2) is 49.6 Å². The average molecular weight is 462 g/mol. The van der Waals surface area contributed by atoms with Crippen LogP contribution in [-0.2, 0) is 18.4 Å². The molecule has 2 heterocycles. The SMILES string of the molecule is COc1ccc(C(=O)NCc2nnc(SCC(=O)Nc3nnc(C(C)C)s3)n2C)cc1. The number of rotatable bonds is 9. The van der Waals surface area contributed by atoms with Crippen LogP contribution in [0.5, 0.6) is 5.75 Å². The predicted octanol–water partition coefficient (Wildman–Crippen LogP) is 2.46. The number of aromatic nitrogens is 5. The highest BCUT2D eigenvalue weighted by Gasteiger charge is 2.15. The minimum Gasteiger partial charge on any atom is -0.497 e. The predicted molar refractivity (Wildman–Crippen MR) is 119 cm³/mol. The van der Waals surface area contributed by atoms with Crippen molar-refractivity contribution in [2.45, 2.75) is 31.5 Å². The molecule has 3 rings (SSSR count). The molecule has 0 aliphatic rings. The lowest BCUT2D eigenvalue weighted by Gasteiger charge is -2.07. The van der Waals surface area contributed by atoms with Crippen LogP contribution >= 0.6 is 23.1 Å². The normalized spacial score (nSPS) is 10.9. The van der Waals surface area contributed by atoms with E-state index in [1.807, 2.05) is 13.8 Å². The molecule has 0 unspecified atom stereocenters. The van der Waals surface area contributed by atoms with Crippen molar-refractivity contribution in [1.29, 1.82) is 0 Å². The summed E-state index contributed by atoms with van der Waals surface area (Å²) in [6, 6.07) is 6.82. The zero-order valence-electron chi connectivity index (χ0n) is 17.6. The number of ether oxygens (including phenoxy) is 1. The number of anilines is 1. The minimum atomic E-state index is -0.225. The fourth-order valence-corrected chi connectivity index (χ4v) is 3.92. The van der Waals surface area contributed by atoms with Gasteiger partial charge in [0.2, 0.25) is 11.0 Å². The van der Waals surface area contributed by atoms with Gasteiger partial charge in [-0.05, 0) is 24.3 Å². The topological polar surface area (TPSA) is 124 Å². The van der Waals surface area contributed by atoms with Crippen LogP contribution in [0.3, 0.4) is 0 Å². The molecule has 3 aromatic rings. The molecular weight excluding hydrogens is 438 g/mol. The maximum Gasteiger partial charge on any atom is 0.251 e. The van der Waals surface area contributed by atoms with Crippen molar-refractivity contribution in [3.8, 4) is 5.75 Å². The highest BCUT2D eigenvalue weighted by Crippen LogP contribution is 2.23. The first kappa shape index (κ1) is 22.7. The van der Waals surface area contributed by atoms with Crippen molar-refractivity contribution in [2.75, 3.05) is 18.2 Å². The second-order valence-corrected chi connectivity index (χ2v) is 8.76. The van der Waals surface area contributed by atoms with E-state index >= 15 is 0 Å². The van der Waals surface area contributed by atoms with E-state index in [9.17, 15) is 9.59 Å². The maximum absolute atomic E-state index is 12.3. The van der Waals surface area contributed by atoms with Crippen molar-refractivity contribution in [3.63, 3.8) is 0 Å². The first-order valence-electron chi connectivity index (χ1n) is 9.44. The standard InChI is InChI=1S/C19H23N7O3S2/c1-11(2)17-23-24-18(31-17)21-15(27)10-30-19-25-22-14(26(19)3)9-20-16(28)12-5-7-13(29-4)8-6-12/h5-8,11H,9-10H2,1-4H3,(H,20,28)(H,21,24,27). The molecule has 0 aliphatic carbocycles. The van der Waals surface area contributed by atoms with Gasteiger partial charge in [0.1, 0.15) is 10.8 Å². The molecule has 0 aliphatic heterocycles. The van der Waals surface area contributed by atoms with Gasteiger partial charge in [-0.25, -0.2) is 0 Å². The van der Waals surface area contributed by atoms with Crippen LogP contribution in [0, 0.1) is 0 Å². The van der Waals surface area contributed by atoms with Crippen molar-refractivity contribution >= 4 is 40.0 Å². The van der Waals surface area contributed by atoms with Gasteiger partial charge in [0.25, 0.3) is 5.91 Å². The number of hydrogen-bond acceptors (Lipinski definition) is 9. The van der Waals surface area contributed by atoms with Gasteiger partial charge >= 0.3 is 0 Å². The van der Waals surface area contributed by atoms with E-state index in [0.29, 0.717) is 27.4 Å². The van der Waals surface area contributed by atoms with E-state index in [1.165, 1.54) is 23.1 Å². The summed E-state index contributed by atoms with van der Waals surface area (Å²) in [6.07, 6.45) is 0. The highest BCUT2D eigenvalue weighted by atomic mass is 32.2. The van der Waals surface area contributed by atoms with Gasteiger partial charge in [-0.3, -0.25) is 14.9 Å². The molecule has 0 spiro atoms. The van der Waals surface area contributed by atoms with Gasteiger partial charge in [-0.15, -0.1) is 20.4 Å². The lowest BCUT2D eigenvalue weighted by atomic mass is 10.2. The molecule has 2 N–H and O–H groups in total. The van der Waals surface area contributed by atoms with Gasteiger partial charge in [0, 0.05) is 18.5 Å². The van der Waals surface area contributed by atoms with Crippen LogP contribution in [0.25, 0.3) is 0 Å². The largest absolute Gasteiger partial charge is 0.497 e. The Balaban J connectivity index is 1.49. The van der Waals surface area contributed by atoms with E-state index in [2.05, 4.69) is 31.0 Å². The third-order valence-corrected chi connectivity index (χ3v) is 6.36. The minimum absolute atomic E-state index is 0.154. The molecule has 0 fully saturated rings. The fraction of sp³-hybridized carbons (Fsp3) is 0.368. The van der Waals surface area contributed by atoms with Gasteiger partial charge in [-0.1, -0.05) is 36.9 Å². The van der Waals surface area contributed by atoms with E-state index in [4.69, 9.17) is 4.74 Å². The lowest BCUT2D eigenvalue weighted by Crippen LogP contribution is -2.24. The second kappa shape index (κ2) is 10.4. The van der Waals surface area contributed by atoms with Crippen molar-refractivity contribution in [2.24, 2.45) is 7.05 Å². The first-order valence-corrected chi connectivity index (χ1v) is 11.2. The number of nitrogens with zero attached hydrogens (tertiary/aromatic N) is 5. The summed E-state index contributed by atoms with van der Waals surface area (Å²) in [5, 5.41) is 23.7. The number of benzene rings is 1. The Bertz CT molecular complexity index is 1050. The summed E-state index contributed by atoms with van der Waals surface area (Å²) in [5.74, 6) is 1.25. The average Bonchev–Trinajstić information content (AvgIpc) is 3.37. The zero-order valence-corrected chi connectivity index (χ0v) is 19.2. The Morgan fingerprint density at radius 1 is 1.16 bits per heavy atom. The zero-order chi connectivity index (χ0) is 22.4. The molecule has 2 amide bonds. The molecule has 31 heavy (non-hydrogen) atoms. The van der Waals surface area contributed by atoms with E-state index < -0.39 is 0 Å². The number of carbonyl (C=O) groups excluding carboxylic acids is 2. The molecule has 0 atom stereocenters. The van der Waals surface area contributed by atoms with Crippen LogP contribution < -0.4 is 15.4 Å². The Kier molecular flexibility index (Phi) is 7.58. The molecule has 0 saturated carbocycles. The number of thioether (sulfide) groups is 1. The summed E-state index contributed by atoms with van der Waals surface area (Å²) in [5.41, 5.74) is 0.520. The van der Waals surface area contributed by atoms with E-state index in [1.54, 1.807) is 43.0 Å². The third kappa shape index (κ3) is 6.01. The molecule has 0 saturated heterocycles. The Morgan fingerprint density at radius 2 is 1.90 bits per heavy atom. The molecular formula is C19H23N7O3S2. The lowest BCUT2D eigenvalue weighted by molar-refractivity contribution is -0.113. The monoisotopic (exact) mass is 461 g/mol.